The van der Waals surface area contributed by atoms with Gasteiger partial charge in [0.1, 0.15) is 18.1 Å². The molecule has 3 amide bonds. The maximum absolute atomic E-state index is 12.6. The Bertz CT molecular complexity index is 585. The molecule has 168 valence electrons. The van der Waals surface area contributed by atoms with Crippen molar-refractivity contribution in [2.45, 2.75) is 71.3 Å². The number of hydrogen-bond donors (Lipinski definition) is 7. The van der Waals surface area contributed by atoms with Crippen LogP contribution in [0.15, 0.2) is 0 Å². The van der Waals surface area contributed by atoms with Gasteiger partial charge in [-0.25, -0.2) is 4.79 Å². The highest BCUT2D eigenvalue weighted by atomic mass is 32.1. The van der Waals surface area contributed by atoms with Crippen LogP contribution in [0.3, 0.4) is 0 Å². The predicted octanol–water partition coefficient (Wildman–Crippen LogP) is -1.13. The van der Waals surface area contributed by atoms with Crippen LogP contribution in [0.2, 0.25) is 0 Å². The lowest BCUT2D eigenvalue weighted by atomic mass is 10.00. The first-order valence-electron chi connectivity index (χ1n) is 9.50. The van der Waals surface area contributed by atoms with E-state index in [9.17, 15) is 29.4 Å². The van der Waals surface area contributed by atoms with Crippen LogP contribution in [0.25, 0.3) is 0 Å². The molecule has 0 aliphatic rings. The number of carboxylic acid groups (broad SMARTS) is 1. The first-order chi connectivity index (χ1) is 13.3. The van der Waals surface area contributed by atoms with Crippen LogP contribution >= 0.6 is 12.6 Å². The van der Waals surface area contributed by atoms with Gasteiger partial charge in [0.25, 0.3) is 0 Å². The van der Waals surface area contributed by atoms with E-state index >= 15 is 0 Å². The number of aliphatic carboxylic acids is 1. The van der Waals surface area contributed by atoms with Gasteiger partial charge in [-0.05, 0) is 25.2 Å². The van der Waals surface area contributed by atoms with Crippen molar-refractivity contribution in [1.29, 1.82) is 0 Å². The standard InChI is InChI=1S/C18H34N4O6S/c1-8(2)6-12(16(25)21-13(9(3)4)18(27)28)20-17(26)14(10(5)23)22-15(24)11(19)7-29/h8-14,23,29H,6-7,19H2,1-5H3,(H,20,26)(H,21,25)(H,22,24)(H,27,28). The Morgan fingerprint density at radius 2 is 1.41 bits per heavy atom. The van der Waals surface area contributed by atoms with E-state index in [4.69, 9.17) is 5.73 Å². The number of amides is 3. The Morgan fingerprint density at radius 3 is 1.79 bits per heavy atom. The minimum absolute atomic E-state index is 0.00516. The van der Waals surface area contributed by atoms with E-state index in [1.165, 1.54) is 6.92 Å². The van der Waals surface area contributed by atoms with Gasteiger partial charge in [-0.1, -0.05) is 27.7 Å². The van der Waals surface area contributed by atoms with Crippen molar-refractivity contribution < 1.29 is 29.4 Å². The molecule has 0 spiro atoms. The van der Waals surface area contributed by atoms with Crippen molar-refractivity contribution in [2.24, 2.45) is 17.6 Å². The molecule has 10 nitrogen and oxygen atoms in total. The second-order valence-electron chi connectivity index (χ2n) is 7.78. The molecule has 0 radical (unpaired) electrons. The monoisotopic (exact) mass is 434 g/mol. The van der Waals surface area contributed by atoms with E-state index in [1.807, 2.05) is 13.8 Å². The van der Waals surface area contributed by atoms with E-state index in [0.717, 1.165) is 0 Å². The molecule has 0 aromatic carbocycles. The second-order valence-corrected chi connectivity index (χ2v) is 8.14. The first kappa shape index (κ1) is 27.1. The van der Waals surface area contributed by atoms with Crippen LogP contribution in [-0.2, 0) is 19.2 Å². The minimum Gasteiger partial charge on any atom is -0.480 e. The molecule has 0 aliphatic heterocycles. The maximum Gasteiger partial charge on any atom is 0.326 e. The van der Waals surface area contributed by atoms with Gasteiger partial charge in [0, 0.05) is 5.75 Å². The summed E-state index contributed by atoms with van der Waals surface area (Å²) in [5, 5.41) is 26.4. The average molecular weight is 435 g/mol. The fraction of sp³-hybridized carbons (Fsp3) is 0.778. The van der Waals surface area contributed by atoms with E-state index in [1.54, 1.807) is 13.8 Å². The van der Waals surface area contributed by atoms with Gasteiger partial charge in [0.2, 0.25) is 17.7 Å². The number of carbonyl (C=O) groups is 4. The van der Waals surface area contributed by atoms with Gasteiger partial charge >= 0.3 is 5.97 Å². The Hall–Kier alpha value is -1.85. The molecule has 0 saturated heterocycles. The molecule has 0 saturated carbocycles. The normalized spacial score (nSPS) is 16.5. The van der Waals surface area contributed by atoms with E-state index in [2.05, 4.69) is 28.6 Å². The molecule has 0 heterocycles. The van der Waals surface area contributed by atoms with Crippen LogP contribution in [0.5, 0.6) is 0 Å². The summed E-state index contributed by atoms with van der Waals surface area (Å²) in [7, 11) is 0. The second kappa shape index (κ2) is 12.7. The van der Waals surface area contributed by atoms with E-state index < -0.39 is 54.0 Å². The summed E-state index contributed by atoms with van der Waals surface area (Å²) >= 11 is 3.92. The van der Waals surface area contributed by atoms with Crippen LogP contribution in [0.4, 0.5) is 0 Å². The van der Waals surface area contributed by atoms with E-state index in [-0.39, 0.29) is 24.0 Å². The van der Waals surface area contributed by atoms with Crippen LogP contribution < -0.4 is 21.7 Å². The van der Waals surface area contributed by atoms with Gasteiger partial charge in [0.15, 0.2) is 0 Å². The molecule has 7 N–H and O–H groups in total. The molecule has 0 aromatic rings. The topological polar surface area (TPSA) is 171 Å². The largest absolute Gasteiger partial charge is 0.480 e. The highest BCUT2D eigenvalue weighted by Gasteiger charge is 2.33. The maximum atomic E-state index is 12.6. The van der Waals surface area contributed by atoms with Crippen molar-refractivity contribution in [3.05, 3.63) is 0 Å². The van der Waals surface area contributed by atoms with Gasteiger partial charge in [-0.15, -0.1) is 0 Å². The molecule has 0 bridgehead atoms. The quantitative estimate of drug-likeness (QED) is 0.190. The zero-order chi connectivity index (χ0) is 22.9. The highest BCUT2D eigenvalue weighted by Crippen LogP contribution is 2.09. The van der Waals surface area contributed by atoms with Crippen LogP contribution in [-0.4, -0.2) is 69.9 Å². The smallest absolute Gasteiger partial charge is 0.326 e. The number of nitrogens with two attached hydrogens (primary N) is 1. The molecular weight excluding hydrogens is 400 g/mol. The molecule has 5 atom stereocenters. The number of hydrogen-bond acceptors (Lipinski definition) is 7. The summed E-state index contributed by atoms with van der Waals surface area (Å²) in [4.78, 5) is 48.6. The van der Waals surface area contributed by atoms with Gasteiger partial charge in [-0.2, -0.15) is 12.6 Å². The summed E-state index contributed by atoms with van der Waals surface area (Å²) < 4.78 is 0. The predicted molar refractivity (Wildman–Crippen MR) is 111 cm³/mol. The van der Waals surface area contributed by atoms with Crippen molar-refractivity contribution >= 4 is 36.3 Å². The summed E-state index contributed by atoms with van der Waals surface area (Å²) in [5.41, 5.74) is 5.57. The lowest BCUT2D eigenvalue weighted by Gasteiger charge is -2.27. The summed E-state index contributed by atoms with van der Waals surface area (Å²) in [6.45, 7) is 8.29. The Kier molecular flexibility index (Phi) is 11.8. The van der Waals surface area contributed by atoms with Crippen molar-refractivity contribution in [1.82, 2.24) is 16.0 Å². The lowest BCUT2D eigenvalue weighted by Crippen LogP contribution is -2.60. The van der Waals surface area contributed by atoms with Crippen molar-refractivity contribution in [3.8, 4) is 0 Å². The summed E-state index contributed by atoms with van der Waals surface area (Å²) in [6.07, 6.45) is -1.02. The third kappa shape index (κ3) is 9.46. The fourth-order valence-electron chi connectivity index (χ4n) is 2.48. The fourth-order valence-corrected chi connectivity index (χ4v) is 2.65. The first-order valence-corrected chi connectivity index (χ1v) is 10.1. The zero-order valence-corrected chi connectivity index (χ0v) is 18.4. The Morgan fingerprint density at radius 1 is 0.897 bits per heavy atom. The number of rotatable bonds is 12. The van der Waals surface area contributed by atoms with Gasteiger partial charge in [-0.3, -0.25) is 14.4 Å². The molecule has 5 unspecified atom stereocenters. The molecule has 0 fully saturated rings. The minimum atomic E-state index is -1.34. The average Bonchev–Trinajstić information content (AvgIpc) is 2.60. The molecular formula is C18H34N4O6S. The molecule has 11 heteroatoms. The zero-order valence-electron chi connectivity index (χ0n) is 17.5. The summed E-state index contributed by atoms with van der Waals surface area (Å²) in [6, 6.07) is -4.46. The molecule has 29 heavy (non-hydrogen) atoms. The van der Waals surface area contributed by atoms with Crippen LogP contribution in [0, 0.1) is 11.8 Å². The Labute approximate surface area is 176 Å². The molecule has 0 rings (SSSR count). The lowest BCUT2D eigenvalue weighted by molar-refractivity contribution is -0.143. The third-order valence-corrected chi connectivity index (χ3v) is 4.56. The third-order valence-electron chi connectivity index (χ3n) is 4.17. The highest BCUT2D eigenvalue weighted by molar-refractivity contribution is 7.80. The number of aliphatic hydroxyl groups is 1. The summed E-state index contributed by atoms with van der Waals surface area (Å²) in [5.74, 6) is -3.60. The van der Waals surface area contributed by atoms with Crippen LogP contribution in [0.1, 0.15) is 41.0 Å². The Balaban J connectivity index is 5.40. The number of nitrogens with one attached hydrogen (secondary N) is 3. The van der Waals surface area contributed by atoms with Crippen molar-refractivity contribution in [3.63, 3.8) is 0 Å². The molecule has 0 aliphatic carbocycles. The number of thiol groups is 1. The molecule has 0 aromatic heterocycles. The van der Waals surface area contributed by atoms with Crippen molar-refractivity contribution in [2.75, 3.05) is 5.75 Å². The SMILES string of the molecule is CC(C)CC(NC(=O)C(NC(=O)C(N)CS)C(C)O)C(=O)NC(C(=O)O)C(C)C. The number of aliphatic hydroxyl groups excluding tert-OH is 1. The number of carboxylic acids is 1. The van der Waals surface area contributed by atoms with Gasteiger partial charge in [0.05, 0.1) is 12.1 Å². The van der Waals surface area contributed by atoms with E-state index in [0.29, 0.717) is 0 Å². The van der Waals surface area contributed by atoms with Gasteiger partial charge < -0.3 is 31.9 Å². The number of carbonyl (C=O) groups excluding carboxylic acids is 3.